The number of allylic oxidation sites excluding steroid dienone is 4. The second-order valence-electron chi connectivity index (χ2n) is 12.1. The Bertz CT molecular complexity index is 738. The number of rotatable bonds is 10. The fraction of sp³-hybridized carbons (Fsp3) is 0.731. The molecule has 0 amide bonds. The minimum atomic E-state index is -2.14. The Labute approximate surface area is 199 Å². The van der Waals surface area contributed by atoms with Crippen molar-refractivity contribution in [3.63, 3.8) is 0 Å². The van der Waals surface area contributed by atoms with E-state index in [1.165, 1.54) is 7.11 Å². The van der Waals surface area contributed by atoms with Crippen LogP contribution in [0.2, 0.25) is 36.3 Å². The van der Waals surface area contributed by atoms with Gasteiger partial charge in [-0.1, -0.05) is 78.0 Å². The molecule has 2 atom stereocenters. The first-order chi connectivity index (χ1) is 14.4. The van der Waals surface area contributed by atoms with E-state index in [9.17, 15) is 4.79 Å². The molecule has 0 spiro atoms. The van der Waals surface area contributed by atoms with E-state index < -0.39 is 27.7 Å². The van der Waals surface area contributed by atoms with Crippen LogP contribution in [0.3, 0.4) is 0 Å². The van der Waals surface area contributed by atoms with Crippen molar-refractivity contribution in [2.24, 2.45) is 5.41 Å². The number of ether oxygens (including phenoxy) is 1. The molecule has 6 heteroatoms. The van der Waals surface area contributed by atoms with Crippen molar-refractivity contribution >= 4 is 22.6 Å². The summed E-state index contributed by atoms with van der Waals surface area (Å²) in [5, 5.41) is 0.194. The summed E-state index contributed by atoms with van der Waals surface area (Å²) >= 11 is 0. The molecule has 1 rings (SSSR count). The summed E-state index contributed by atoms with van der Waals surface area (Å²) in [5.74, 6) is -0.198. The van der Waals surface area contributed by atoms with Gasteiger partial charge in [0.2, 0.25) is 0 Å². The van der Waals surface area contributed by atoms with Gasteiger partial charge in [0.1, 0.15) is 5.41 Å². The first-order valence-electron chi connectivity index (χ1n) is 11.8. The van der Waals surface area contributed by atoms with Crippen molar-refractivity contribution in [1.29, 1.82) is 0 Å². The SMILES string of the molecule is C/C=C/C=C\C[C@]1(C(=O)OC)C[C@]1(/C=C/CO[Si](C)(C)C(C)(C)C)O[Si](C)(C)C(C)(C)C. The summed E-state index contributed by atoms with van der Waals surface area (Å²) < 4.78 is 18.6. The van der Waals surface area contributed by atoms with Gasteiger partial charge in [0.15, 0.2) is 16.6 Å². The van der Waals surface area contributed by atoms with Gasteiger partial charge in [0.25, 0.3) is 0 Å². The van der Waals surface area contributed by atoms with Crippen LogP contribution in [0.4, 0.5) is 0 Å². The summed E-state index contributed by atoms with van der Waals surface area (Å²) in [4.78, 5) is 13.0. The van der Waals surface area contributed by atoms with Gasteiger partial charge in [-0.15, -0.1) is 0 Å². The van der Waals surface area contributed by atoms with Gasteiger partial charge in [-0.25, -0.2) is 0 Å². The average Bonchev–Trinajstić information content (AvgIpc) is 3.27. The zero-order valence-electron chi connectivity index (χ0n) is 22.7. The molecule has 184 valence electrons. The molecule has 0 bridgehead atoms. The maximum Gasteiger partial charge on any atom is 0.315 e. The molecule has 0 N–H and O–H groups in total. The van der Waals surface area contributed by atoms with Crippen LogP contribution in [-0.4, -0.2) is 41.9 Å². The van der Waals surface area contributed by atoms with Crippen LogP contribution < -0.4 is 0 Å². The maximum absolute atomic E-state index is 13.0. The Balaban J connectivity index is 3.27. The highest BCUT2D eigenvalue weighted by atomic mass is 28.4. The summed E-state index contributed by atoms with van der Waals surface area (Å²) in [6.07, 6.45) is 13.4. The molecule has 0 heterocycles. The third kappa shape index (κ3) is 6.34. The van der Waals surface area contributed by atoms with Crippen LogP contribution in [-0.2, 0) is 18.4 Å². The van der Waals surface area contributed by atoms with Crippen LogP contribution in [0.5, 0.6) is 0 Å². The lowest BCUT2D eigenvalue weighted by Gasteiger charge is -2.40. The van der Waals surface area contributed by atoms with Crippen molar-refractivity contribution in [2.75, 3.05) is 13.7 Å². The van der Waals surface area contributed by atoms with E-state index in [2.05, 4.69) is 79.9 Å². The van der Waals surface area contributed by atoms with Crippen LogP contribution in [0.15, 0.2) is 36.5 Å². The lowest BCUT2D eigenvalue weighted by Crippen LogP contribution is -2.47. The third-order valence-electron chi connectivity index (χ3n) is 7.71. The molecular formula is C26H48O4Si2. The van der Waals surface area contributed by atoms with Gasteiger partial charge in [-0.3, -0.25) is 4.79 Å². The first kappa shape index (κ1) is 29.1. The predicted molar refractivity (Wildman–Crippen MR) is 141 cm³/mol. The predicted octanol–water partition coefficient (Wildman–Crippen LogP) is 7.41. The van der Waals surface area contributed by atoms with Crippen molar-refractivity contribution in [2.45, 2.75) is 103 Å². The van der Waals surface area contributed by atoms with Gasteiger partial charge >= 0.3 is 5.97 Å². The second kappa shape index (κ2) is 10.1. The molecule has 0 radical (unpaired) electrons. The molecule has 4 nitrogen and oxygen atoms in total. The van der Waals surface area contributed by atoms with E-state index >= 15 is 0 Å². The molecule has 0 unspecified atom stereocenters. The minimum absolute atomic E-state index is 0.0384. The Morgan fingerprint density at radius 3 is 1.97 bits per heavy atom. The monoisotopic (exact) mass is 480 g/mol. The highest BCUT2D eigenvalue weighted by Gasteiger charge is 2.73. The Hall–Kier alpha value is -0.956. The van der Waals surface area contributed by atoms with E-state index in [1.807, 2.05) is 31.2 Å². The van der Waals surface area contributed by atoms with Crippen LogP contribution >= 0.6 is 0 Å². The smallest absolute Gasteiger partial charge is 0.315 e. The molecule has 1 aliphatic carbocycles. The first-order valence-corrected chi connectivity index (χ1v) is 17.6. The molecule has 0 aromatic heterocycles. The summed E-state index contributed by atoms with van der Waals surface area (Å²) in [7, 11) is -2.51. The average molecular weight is 481 g/mol. The fourth-order valence-corrected chi connectivity index (χ4v) is 5.84. The van der Waals surface area contributed by atoms with E-state index in [-0.39, 0.29) is 16.0 Å². The van der Waals surface area contributed by atoms with Crippen molar-refractivity contribution in [3.8, 4) is 0 Å². The Morgan fingerprint density at radius 2 is 1.50 bits per heavy atom. The number of hydrogen-bond donors (Lipinski definition) is 0. The van der Waals surface area contributed by atoms with E-state index in [1.54, 1.807) is 0 Å². The van der Waals surface area contributed by atoms with Gasteiger partial charge in [0.05, 0.1) is 19.3 Å². The number of hydrogen-bond acceptors (Lipinski definition) is 4. The quantitative estimate of drug-likeness (QED) is 0.141. The zero-order valence-corrected chi connectivity index (χ0v) is 24.7. The van der Waals surface area contributed by atoms with Crippen LogP contribution in [0, 0.1) is 5.41 Å². The normalized spacial score (nSPS) is 25.2. The second-order valence-corrected chi connectivity index (χ2v) is 21.7. The van der Waals surface area contributed by atoms with Gasteiger partial charge in [-0.05, 0) is 56.0 Å². The Morgan fingerprint density at radius 1 is 0.938 bits per heavy atom. The third-order valence-corrected chi connectivity index (χ3v) is 16.7. The van der Waals surface area contributed by atoms with Crippen LogP contribution in [0.1, 0.15) is 61.3 Å². The van der Waals surface area contributed by atoms with Crippen molar-refractivity contribution in [1.82, 2.24) is 0 Å². The minimum Gasteiger partial charge on any atom is -0.468 e. The van der Waals surface area contributed by atoms with E-state index in [0.717, 1.165) is 0 Å². The topological polar surface area (TPSA) is 44.8 Å². The molecule has 1 saturated carbocycles. The highest BCUT2D eigenvalue weighted by Crippen LogP contribution is 2.65. The van der Waals surface area contributed by atoms with Crippen molar-refractivity contribution < 1.29 is 18.4 Å². The molecule has 0 saturated heterocycles. The van der Waals surface area contributed by atoms with Gasteiger partial charge in [-0.2, -0.15) is 0 Å². The summed E-state index contributed by atoms with van der Waals surface area (Å²) in [6.45, 7) is 24.9. The molecule has 0 aliphatic heterocycles. The highest BCUT2D eigenvalue weighted by molar-refractivity contribution is 6.74. The maximum atomic E-state index is 13.0. The van der Waals surface area contributed by atoms with E-state index in [0.29, 0.717) is 19.4 Å². The zero-order chi connectivity index (χ0) is 25.1. The summed E-state index contributed by atoms with van der Waals surface area (Å²) in [5.41, 5.74) is -1.34. The molecule has 32 heavy (non-hydrogen) atoms. The number of esters is 1. The number of methoxy groups -OCH3 is 1. The molecule has 0 aromatic carbocycles. The Kier molecular flexibility index (Phi) is 9.19. The number of carbonyl (C=O) groups is 1. The van der Waals surface area contributed by atoms with Crippen molar-refractivity contribution in [3.05, 3.63) is 36.5 Å². The standard InChI is InChI=1S/C26H48O4Si2/c1-13-14-15-16-18-25(22(27)28-8)21-26(25,30-32(11,12)24(5,6)7)19-17-20-29-31(9,10)23(2,3)4/h13-17,19H,18,20-21H2,1-12H3/b14-13+,16-15-,19-17+/t25-,26+/m1/s1. The molecule has 1 aliphatic rings. The lowest BCUT2D eigenvalue weighted by molar-refractivity contribution is -0.149. The largest absolute Gasteiger partial charge is 0.468 e. The van der Waals surface area contributed by atoms with Gasteiger partial charge in [0, 0.05) is 0 Å². The molecule has 0 aromatic rings. The van der Waals surface area contributed by atoms with Gasteiger partial charge < -0.3 is 13.6 Å². The van der Waals surface area contributed by atoms with Crippen LogP contribution in [0.25, 0.3) is 0 Å². The lowest BCUT2D eigenvalue weighted by atomic mass is 9.96. The van der Waals surface area contributed by atoms with E-state index in [4.69, 9.17) is 13.6 Å². The molecule has 1 fully saturated rings. The summed E-state index contributed by atoms with van der Waals surface area (Å²) in [6, 6.07) is 0. The molecular weight excluding hydrogens is 432 g/mol. The number of carbonyl (C=O) groups excluding carboxylic acids is 1. The fourth-order valence-electron chi connectivity index (χ4n) is 3.34.